The molecule has 0 aliphatic rings. The molecule has 8 heteroatoms. The van der Waals surface area contributed by atoms with Gasteiger partial charge in [-0.2, -0.15) is 0 Å². The Morgan fingerprint density at radius 1 is 1.07 bits per heavy atom. The molecule has 0 saturated carbocycles. The van der Waals surface area contributed by atoms with E-state index in [1.807, 2.05) is 32.6 Å². The number of carbonyl (C=O) groups excluding carboxylic acids is 1. The number of thioether (sulfide) groups is 1. The summed E-state index contributed by atoms with van der Waals surface area (Å²) in [5.74, 6) is 0.623. The van der Waals surface area contributed by atoms with E-state index in [1.54, 1.807) is 13.2 Å². The Hall–Kier alpha value is -2.09. The maximum absolute atomic E-state index is 13.0. The van der Waals surface area contributed by atoms with Crippen LogP contribution in [0.25, 0.3) is 11.0 Å². The first-order valence-electron chi connectivity index (χ1n) is 9.98. The van der Waals surface area contributed by atoms with Crippen LogP contribution in [0.15, 0.2) is 20.7 Å². The van der Waals surface area contributed by atoms with Crippen molar-refractivity contribution in [2.75, 3.05) is 5.75 Å². The van der Waals surface area contributed by atoms with Crippen molar-refractivity contribution >= 4 is 28.7 Å². The second-order valence-electron chi connectivity index (χ2n) is 8.39. The monoisotopic (exact) mass is 420 g/mol. The third kappa shape index (κ3) is 4.74. The molecule has 0 N–H and O–H groups in total. The van der Waals surface area contributed by atoms with Gasteiger partial charge in [0.2, 0.25) is 5.91 Å². The SMILES string of the molecule is CC(C)Cc1cnc2c(c1SCC(=O)N(C(C)C)C(C)C)c(=O)n(C)c(=O)n2C. The molecule has 0 aliphatic carbocycles. The third-order valence-electron chi connectivity index (χ3n) is 4.86. The third-order valence-corrected chi connectivity index (χ3v) is 6.01. The molecule has 2 heterocycles. The van der Waals surface area contributed by atoms with Crippen molar-refractivity contribution in [1.82, 2.24) is 19.0 Å². The number of rotatable bonds is 7. The summed E-state index contributed by atoms with van der Waals surface area (Å²) in [4.78, 5) is 45.2. The average molecular weight is 421 g/mol. The van der Waals surface area contributed by atoms with Crippen LogP contribution in [0.1, 0.15) is 47.1 Å². The maximum atomic E-state index is 13.0. The molecular weight excluding hydrogens is 388 g/mol. The number of amides is 1. The van der Waals surface area contributed by atoms with Gasteiger partial charge in [-0.05, 0) is 45.6 Å². The lowest BCUT2D eigenvalue weighted by molar-refractivity contribution is -0.131. The number of aromatic nitrogens is 3. The van der Waals surface area contributed by atoms with E-state index < -0.39 is 5.69 Å². The highest BCUT2D eigenvalue weighted by atomic mass is 32.2. The molecule has 0 saturated heterocycles. The summed E-state index contributed by atoms with van der Waals surface area (Å²) in [6, 6.07) is 0.196. The largest absolute Gasteiger partial charge is 0.337 e. The molecule has 1 amide bonds. The minimum absolute atomic E-state index is 0.0297. The van der Waals surface area contributed by atoms with Crippen molar-refractivity contribution in [3.05, 3.63) is 32.6 Å². The zero-order chi connectivity index (χ0) is 22.0. The van der Waals surface area contributed by atoms with Crippen molar-refractivity contribution < 1.29 is 4.79 Å². The highest BCUT2D eigenvalue weighted by Gasteiger charge is 2.23. The first-order valence-corrected chi connectivity index (χ1v) is 11.0. The topological polar surface area (TPSA) is 77.2 Å². The quantitative estimate of drug-likeness (QED) is 0.644. The Morgan fingerprint density at radius 2 is 1.66 bits per heavy atom. The van der Waals surface area contributed by atoms with Crippen molar-refractivity contribution in [2.24, 2.45) is 20.0 Å². The van der Waals surface area contributed by atoms with Crippen LogP contribution in [-0.2, 0) is 25.3 Å². The van der Waals surface area contributed by atoms with E-state index in [-0.39, 0.29) is 29.3 Å². The van der Waals surface area contributed by atoms with Crippen LogP contribution in [0.2, 0.25) is 0 Å². The average Bonchev–Trinajstić information content (AvgIpc) is 2.62. The summed E-state index contributed by atoms with van der Waals surface area (Å²) in [7, 11) is 3.08. The molecule has 2 aromatic rings. The molecule has 7 nitrogen and oxygen atoms in total. The standard InChI is InChI=1S/C21H32N4O3S/c1-12(2)9-15-10-22-19-17(20(27)24(8)21(28)23(19)7)18(15)29-11-16(26)25(13(3)4)14(5)6/h10,12-14H,9,11H2,1-8H3. The van der Waals surface area contributed by atoms with Gasteiger partial charge in [0.1, 0.15) is 5.65 Å². The van der Waals surface area contributed by atoms with E-state index in [0.717, 1.165) is 21.4 Å². The van der Waals surface area contributed by atoms with Crippen molar-refractivity contribution in [1.29, 1.82) is 0 Å². The lowest BCUT2D eigenvalue weighted by Gasteiger charge is -2.30. The first kappa shape index (κ1) is 23.2. The summed E-state index contributed by atoms with van der Waals surface area (Å²) in [5, 5.41) is 0.409. The van der Waals surface area contributed by atoms with Gasteiger partial charge < -0.3 is 4.90 Å². The molecule has 0 fully saturated rings. The minimum Gasteiger partial charge on any atom is -0.337 e. The second-order valence-corrected chi connectivity index (χ2v) is 9.38. The smallest absolute Gasteiger partial charge is 0.332 e. The summed E-state index contributed by atoms with van der Waals surface area (Å²) in [6.45, 7) is 12.2. The number of fused-ring (bicyclic) bond motifs is 1. The van der Waals surface area contributed by atoms with Gasteiger partial charge in [-0.1, -0.05) is 13.8 Å². The molecule has 0 radical (unpaired) electrons. The molecule has 2 aromatic heterocycles. The molecule has 0 spiro atoms. The summed E-state index contributed by atoms with van der Waals surface area (Å²) in [6.07, 6.45) is 2.47. The van der Waals surface area contributed by atoms with E-state index in [1.165, 1.54) is 23.4 Å². The molecule has 29 heavy (non-hydrogen) atoms. The van der Waals surface area contributed by atoms with E-state index in [2.05, 4.69) is 18.8 Å². The fourth-order valence-corrected chi connectivity index (χ4v) is 4.73. The van der Waals surface area contributed by atoms with E-state index in [4.69, 9.17) is 0 Å². The van der Waals surface area contributed by atoms with Crippen LogP contribution in [-0.4, -0.2) is 42.8 Å². The highest BCUT2D eigenvalue weighted by molar-refractivity contribution is 8.00. The van der Waals surface area contributed by atoms with Gasteiger partial charge >= 0.3 is 5.69 Å². The van der Waals surface area contributed by atoms with Crippen LogP contribution in [0, 0.1) is 5.92 Å². The predicted octanol–water partition coefficient (Wildman–Crippen LogP) is 2.57. The highest BCUT2D eigenvalue weighted by Crippen LogP contribution is 2.30. The van der Waals surface area contributed by atoms with Gasteiger partial charge in [0.05, 0.1) is 11.1 Å². The van der Waals surface area contributed by atoms with Gasteiger partial charge in [-0.15, -0.1) is 11.8 Å². The summed E-state index contributed by atoms with van der Waals surface area (Å²) >= 11 is 1.37. The Bertz CT molecular complexity index is 1010. The number of carbonyl (C=O) groups is 1. The Kier molecular flexibility index (Phi) is 7.32. The second kappa shape index (κ2) is 9.15. The van der Waals surface area contributed by atoms with Crippen LogP contribution in [0.4, 0.5) is 0 Å². The van der Waals surface area contributed by atoms with Crippen molar-refractivity contribution in [3.8, 4) is 0 Å². The number of pyridine rings is 1. The number of nitrogens with zero attached hydrogens (tertiary/aromatic N) is 4. The maximum Gasteiger partial charge on any atom is 0.332 e. The fourth-order valence-electron chi connectivity index (χ4n) is 3.67. The van der Waals surface area contributed by atoms with Crippen molar-refractivity contribution in [3.63, 3.8) is 0 Å². The van der Waals surface area contributed by atoms with Crippen LogP contribution in [0.5, 0.6) is 0 Å². The van der Waals surface area contributed by atoms with Gasteiger partial charge in [-0.25, -0.2) is 9.78 Å². The predicted molar refractivity (Wildman–Crippen MR) is 119 cm³/mol. The molecule has 0 atom stereocenters. The summed E-state index contributed by atoms with van der Waals surface area (Å²) < 4.78 is 2.49. The van der Waals surface area contributed by atoms with Crippen LogP contribution in [0.3, 0.4) is 0 Å². The summed E-state index contributed by atoms with van der Waals surface area (Å²) in [5.41, 5.74) is 0.497. The molecule has 0 unspecified atom stereocenters. The first-order chi connectivity index (χ1) is 13.5. The van der Waals surface area contributed by atoms with Gasteiger partial charge in [0, 0.05) is 37.3 Å². The number of hydrogen-bond acceptors (Lipinski definition) is 5. The molecule has 0 bridgehead atoms. The van der Waals surface area contributed by atoms with E-state index in [9.17, 15) is 14.4 Å². The minimum atomic E-state index is -0.413. The molecule has 0 aromatic carbocycles. The Morgan fingerprint density at radius 3 is 2.17 bits per heavy atom. The van der Waals surface area contributed by atoms with Gasteiger partial charge in [0.25, 0.3) is 5.56 Å². The van der Waals surface area contributed by atoms with Crippen LogP contribution < -0.4 is 11.2 Å². The molecule has 160 valence electrons. The molecule has 0 aliphatic heterocycles. The van der Waals surface area contributed by atoms with E-state index >= 15 is 0 Å². The fraction of sp³-hybridized carbons (Fsp3) is 0.619. The lowest BCUT2D eigenvalue weighted by Crippen LogP contribution is -2.43. The molecular formula is C21H32N4O3S. The Balaban J connectivity index is 2.61. The molecule has 2 rings (SSSR count). The zero-order valence-electron chi connectivity index (χ0n) is 18.6. The van der Waals surface area contributed by atoms with E-state index in [0.29, 0.717) is 17.0 Å². The number of hydrogen-bond donors (Lipinski definition) is 0. The van der Waals surface area contributed by atoms with Gasteiger partial charge in [0.15, 0.2) is 0 Å². The van der Waals surface area contributed by atoms with Crippen molar-refractivity contribution in [2.45, 2.75) is 64.9 Å². The van der Waals surface area contributed by atoms with Crippen LogP contribution >= 0.6 is 11.8 Å². The zero-order valence-corrected chi connectivity index (χ0v) is 19.5. The Labute approximate surface area is 176 Å². The number of aryl methyl sites for hydroxylation is 1. The normalized spacial score (nSPS) is 11.8. The van der Waals surface area contributed by atoms with Gasteiger partial charge in [-0.3, -0.25) is 18.7 Å². The lowest BCUT2D eigenvalue weighted by atomic mass is 10.0.